The van der Waals surface area contributed by atoms with Gasteiger partial charge < -0.3 is 9.84 Å². The van der Waals surface area contributed by atoms with E-state index in [2.05, 4.69) is 50.2 Å². The fourth-order valence-electron chi connectivity index (χ4n) is 5.93. The summed E-state index contributed by atoms with van der Waals surface area (Å²) in [6.45, 7) is 4.71. The van der Waals surface area contributed by atoms with Crippen LogP contribution >= 0.6 is 12.6 Å². The molecule has 0 radical (unpaired) electrons. The Bertz CT molecular complexity index is 943. The molecule has 0 aliphatic carbocycles. The Balaban J connectivity index is 1.51. The summed E-state index contributed by atoms with van der Waals surface area (Å²) in [5, 5.41) is 11.1. The monoisotopic (exact) mass is 574 g/mol. The SMILES string of the molecule is CCCCCCCCCCCCCCC(C)C(S)C(O)COC(c1ccccc1)(c1ccccc1)c1ccccc1. The van der Waals surface area contributed by atoms with E-state index in [-0.39, 0.29) is 11.9 Å². The second-order valence-corrected chi connectivity index (χ2v) is 12.4. The highest BCUT2D eigenvalue weighted by Crippen LogP contribution is 2.40. The van der Waals surface area contributed by atoms with Crippen LogP contribution in [0.15, 0.2) is 91.0 Å². The van der Waals surface area contributed by atoms with Gasteiger partial charge in [0, 0.05) is 5.25 Å². The molecule has 2 nitrogen and oxygen atoms in total. The highest BCUT2D eigenvalue weighted by Gasteiger charge is 2.38. The Morgan fingerprint density at radius 3 is 1.37 bits per heavy atom. The molecule has 224 valence electrons. The minimum absolute atomic E-state index is 0.136. The predicted octanol–water partition coefficient (Wildman–Crippen LogP) is 10.4. The lowest BCUT2D eigenvalue weighted by molar-refractivity contribution is -0.0415. The fraction of sp³-hybridized carbons (Fsp3) is 0.526. The predicted molar refractivity (Wildman–Crippen MR) is 179 cm³/mol. The summed E-state index contributed by atoms with van der Waals surface area (Å²) < 4.78 is 6.84. The molecule has 1 N–H and O–H groups in total. The summed E-state index contributed by atoms with van der Waals surface area (Å²) in [5.41, 5.74) is 2.32. The number of ether oxygens (including phenoxy) is 1. The Kier molecular flexibility index (Phi) is 15.6. The first-order valence-corrected chi connectivity index (χ1v) is 16.8. The van der Waals surface area contributed by atoms with Gasteiger partial charge in [-0.25, -0.2) is 0 Å². The molecule has 41 heavy (non-hydrogen) atoms. The normalized spacial score (nSPS) is 14.0. The van der Waals surface area contributed by atoms with Crippen LogP contribution in [0.5, 0.6) is 0 Å². The first-order valence-electron chi connectivity index (χ1n) is 16.3. The summed E-state index contributed by atoms with van der Waals surface area (Å²) >= 11 is 4.89. The number of aliphatic hydroxyl groups is 1. The molecule has 0 amide bonds. The maximum atomic E-state index is 11.3. The topological polar surface area (TPSA) is 29.5 Å². The van der Waals surface area contributed by atoms with E-state index in [0.717, 1.165) is 23.1 Å². The molecule has 0 aliphatic rings. The van der Waals surface area contributed by atoms with Gasteiger partial charge >= 0.3 is 0 Å². The van der Waals surface area contributed by atoms with Crippen LogP contribution in [-0.2, 0) is 10.3 Å². The van der Waals surface area contributed by atoms with E-state index >= 15 is 0 Å². The van der Waals surface area contributed by atoms with Gasteiger partial charge in [-0.3, -0.25) is 0 Å². The average molecular weight is 575 g/mol. The van der Waals surface area contributed by atoms with E-state index in [1.54, 1.807) is 0 Å². The number of benzene rings is 3. The van der Waals surface area contributed by atoms with Gasteiger partial charge in [0.25, 0.3) is 0 Å². The lowest BCUT2D eigenvalue weighted by Crippen LogP contribution is -2.39. The van der Waals surface area contributed by atoms with Gasteiger partial charge in [0.05, 0.1) is 12.7 Å². The van der Waals surface area contributed by atoms with Crippen LogP contribution in [0, 0.1) is 5.92 Å². The smallest absolute Gasteiger partial charge is 0.143 e. The second-order valence-electron chi connectivity index (χ2n) is 11.8. The second kappa shape index (κ2) is 19.2. The van der Waals surface area contributed by atoms with E-state index in [1.807, 2.05) is 54.6 Å². The molecular weight excluding hydrogens is 520 g/mol. The van der Waals surface area contributed by atoms with Crippen molar-refractivity contribution in [3.63, 3.8) is 0 Å². The Morgan fingerprint density at radius 2 is 0.976 bits per heavy atom. The number of hydrogen-bond donors (Lipinski definition) is 2. The fourth-order valence-corrected chi connectivity index (χ4v) is 6.17. The zero-order valence-electron chi connectivity index (χ0n) is 25.6. The molecular formula is C38H54O2S. The third-order valence-corrected chi connectivity index (χ3v) is 9.35. The van der Waals surface area contributed by atoms with E-state index in [9.17, 15) is 5.11 Å². The van der Waals surface area contributed by atoms with Gasteiger partial charge in [0.2, 0.25) is 0 Å². The summed E-state index contributed by atoms with van der Waals surface area (Å²) in [6.07, 6.45) is 16.7. The molecule has 0 fully saturated rings. The van der Waals surface area contributed by atoms with E-state index in [4.69, 9.17) is 17.4 Å². The first-order chi connectivity index (χ1) is 20.1. The van der Waals surface area contributed by atoms with E-state index in [1.165, 1.54) is 77.0 Å². The van der Waals surface area contributed by atoms with Crippen LogP contribution in [0.1, 0.15) is 114 Å². The first kappa shape index (κ1) is 33.4. The minimum atomic E-state index is -0.822. The van der Waals surface area contributed by atoms with Crippen LogP contribution in [0.3, 0.4) is 0 Å². The van der Waals surface area contributed by atoms with Crippen molar-refractivity contribution in [3.8, 4) is 0 Å². The van der Waals surface area contributed by atoms with Crippen LogP contribution in [-0.4, -0.2) is 23.1 Å². The molecule has 0 spiro atoms. The number of unbranched alkanes of at least 4 members (excludes halogenated alkanes) is 11. The van der Waals surface area contributed by atoms with E-state index in [0.29, 0.717) is 5.92 Å². The largest absolute Gasteiger partial charge is 0.390 e. The molecule has 3 atom stereocenters. The Morgan fingerprint density at radius 1 is 0.610 bits per heavy atom. The zero-order chi connectivity index (χ0) is 29.2. The number of hydrogen-bond acceptors (Lipinski definition) is 3. The third kappa shape index (κ3) is 10.6. The number of rotatable bonds is 21. The van der Waals surface area contributed by atoms with Crippen LogP contribution < -0.4 is 0 Å². The molecule has 0 heterocycles. The molecule has 3 unspecified atom stereocenters. The molecule has 0 aromatic heterocycles. The van der Waals surface area contributed by atoms with Crippen LogP contribution in [0.4, 0.5) is 0 Å². The summed E-state index contributed by atoms with van der Waals surface area (Å²) in [7, 11) is 0. The molecule has 0 saturated heterocycles. The lowest BCUT2D eigenvalue weighted by Gasteiger charge is -2.37. The van der Waals surface area contributed by atoms with Crippen molar-refractivity contribution < 1.29 is 9.84 Å². The van der Waals surface area contributed by atoms with Gasteiger partial charge in [-0.1, -0.05) is 182 Å². The number of thiol groups is 1. The van der Waals surface area contributed by atoms with Gasteiger partial charge in [-0.2, -0.15) is 12.6 Å². The van der Waals surface area contributed by atoms with Crippen molar-refractivity contribution in [1.29, 1.82) is 0 Å². The molecule has 0 aliphatic heterocycles. The summed E-state index contributed by atoms with van der Waals surface area (Å²) in [6, 6.07) is 31.1. The molecule has 3 heteroatoms. The van der Waals surface area contributed by atoms with Gasteiger partial charge in [-0.05, 0) is 29.0 Å². The van der Waals surface area contributed by atoms with E-state index < -0.39 is 11.7 Å². The van der Waals surface area contributed by atoms with Crippen LogP contribution in [0.25, 0.3) is 0 Å². The zero-order valence-corrected chi connectivity index (χ0v) is 26.5. The maximum Gasteiger partial charge on any atom is 0.143 e. The molecule has 3 aromatic rings. The molecule has 0 bridgehead atoms. The summed E-state index contributed by atoms with van der Waals surface area (Å²) in [4.78, 5) is 0. The quantitative estimate of drug-likeness (QED) is 0.0753. The molecule has 3 aromatic carbocycles. The highest BCUT2D eigenvalue weighted by atomic mass is 32.1. The Labute approximate surface area is 256 Å². The van der Waals surface area contributed by atoms with Crippen molar-refractivity contribution in [2.75, 3.05) is 6.61 Å². The average Bonchev–Trinajstić information content (AvgIpc) is 3.03. The van der Waals surface area contributed by atoms with Crippen molar-refractivity contribution in [1.82, 2.24) is 0 Å². The van der Waals surface area contributed by atoms with Crippen molar-refractivity contribution in [3.05, 3.63) is 108 Å². The maximum absolute atomic E-state index is 11.3. The standard InChI is InChI=1S/C38H54O2S/c1-3-4-5-6-7-8-9-10-11-12-13-17-24-32(2)37(41)36(39)31-40-38(33-25-18-14-19-26-33,34-27-20-15-21-28-34)35-29-22-16-23-30-35/h14-16,18-23,25-30,32,36-37,39,41H,3-13,17,24,31H2,1-2H3. The molecule has 0 saturated carbocycles. The Hall–Kier alpha value is -2.07. The van der Waals surface area contributed by atoms with Gasteiger partial charge in [0.1, 0.15) is 5.60 Å². The lowest BCUT2D eigenvalue weighted by atomic mass is 9.80. The highest BCUT2D eigenvalue weighted by molar-refractivity contribution is 7.81. The van der Waals surface area contributed by atoms with Crippen molar-refractivity contribution >= 4 is 12.6 Å². The molecule has 3 rings (SSSR count). The number of aliphatic hydroxyl groups excluding tert-OH is 1. The third-order valence-electron chi connectivity index (χ3n) is 8.50. The minimum Gasteiger partial charge on any atom is -0.390 e. The van der Waals surface area contributed by atoms with Crippen molar-refractivity contribution in [2.24, 2.45) is 5.92 Å². The summed E-state index contributed by atoms with van der Waals surface area (Å²) in [5.74, 6) is 0.319. The van der Waals surface area contributed by atoms with Crippen LogP contribution in [0.2, 0.25) is 0 Å². The van der Waals surface area contributed by atoms with Crippen molar-refractivity contribution in [2.45, 2.75) is 114 Å². The van der Waals surface area contributed by atoms with Gasteiger partial charge in [0.15, 0.2) is 0 Å². The van der Waals surface area contributed by atoms with Gasteiger partial charge in [-0.15, -0.1) is 0 Å².